The fraction of sp³-hybridized carbons (Fsp3) is 0.389. The second-order valence-corrected chi connectivity index (χ2v) is 6.28. The molecule has 0 unspecified atom stereocenters. The van der Waals surface area contributed by atoms with Gasteiger partial charge in [-0.3, -0.25) is 14.2 Å². The number of hydrogen-bond donors (Lipinski definition) is 2. The third-order valence-electron chi connectivity index (χ3n) is 4.46. The highest BCUT2D eigenvalue weighted by atomic mass is 16.5. The van der Waals surface area contributed by atoms with Crippen LogP contribution in [0.3, 0.4) is 0 Å². The summed E-state index contributed by atoms with van der Waals surface area (Å²) in [5, 5.41) is 2.89. The number of carbonyl (C=O) groups is 1. The molecular formula is C18H21N3O4. The quantitative estimate of drug-likeness (QED) is 0.839. The second kappa shape index (κ2) is 7.38. The molecule has 0 saturated carbocycles. The van der Waals surface area contributed by atoms with Crippen LogP contribution < -0.4 is 21.3 Å². The molecule has 1 aromatic heterocycles. The lowest BCUT2D eigenvalue weighted by Crippen LogP contribution is -2.37. The maximum Gasteiger partial charge on any atom is 0.328 e. The molecule has 7 nitrogen and oxygen atoms in total. The first kappa shape index (κ1) is 17.0. The van der Waals surface area contributed by atoms with Gasteiger partial charge >= 0.3 is 5.69 Å². The molecule has 1 atom stereocenters. The fourth-order valence-electron chi connectivity index (χ4n) is 2.97. The fourth-order valence-corrected chi connectivity index (χ4v) is 2.97. The van der Waals surface area contributed by atoms with E-state index in [1.165, 1.54) is 13.2 Å². The molecular weight excluding hydrogens is 322 g/mol. The maximum atomic E-state index is 12.2. The number of amides is 1. The molecule has 7 heteroatoms. The summed E-state index contributed by atoms with van der Waals surface area (Å²) in [6.45, 7) is 1.15. The largest absolute Gasteiger partial charge is 0.493 e. The lowest BCUT2D eigenvalue weighted by molar-refractivity contribution is -0.120. The predicted molar refractivity (Wildman–Crippen MR) is 92.8 cm³/mol. The molecule has 2 aromatic rings. The number of para-hydroxylation sites is 1. The van der Waals surface area contributed by atoms with Crippen LogP contribution in [-0.2, 0) is 24.7 Å². The lowest BCUT2D eigenvalue weighted by atomic mass is 9.97. The van der Waals surface area contributed by atoms with Gasteiger partial charge in [-0.1, -0.05) is 18.2 Å². The number of aromatic amines is 1. The normalized spacial score (nSPS) is 16.4. The average molecular weight is 343 g/mol. The molecule has 0 radical (unpaired) electrons. The predicted octanol–water partition coefficient (Wildman–Crippen LogP) is 0.374. The summed E-state index contributed by atoms with van der Waals surface area (Å²) in [5.41, 5.74) is 0.477. The number of nitrogens with zero attached hydrogens (tertiary/aromatic N) is 1. The summed E-state index contributed by atoms with van der Waals surface area (Å²) >= 11 is 0. The number of fused-ring (bicyclic) bond motifs is 1. The van der Waals surface area contributed by atoms with Crippen LogP contribution in [0.1, 0.15) is 17.5 Å². The van der Waals surface area contributed by atoms with Crippen LogP contribution in [0.2, 0.25) is 0 Å². The van der Waals surface area contributed by atoms with Gasteiger partial charge in [-0.05, 0) is 30.4 Å². The Bertz CT molecular complexity index is 884. The van der Waals surface area contributed by atoms with Crippen LogP contribution >= 0.6 is 0 Å². The summed E-state index contributed by atoms with van der Waals surface area (Å²) in [6, 6.07) is 7.93. The van der Waals surface area contributed by atoms with Crippen LogP contribution in [-0.4, -0.2) is 28.6 Å². The molecule has 0 bridgehead atoms. The van der Waals surface area contributed by atoms with E-state index < -0.39 is 11.2 Å². The van der Waals surface area contributed by atoms with Crippen molar-refractivity contribution in [2.24, 2.45) is 13.0 Å². The number of carbonyl (C=O) groups excluding carboxylic acids is 1. The average Bonchev–Trinajstić information content (AvgIpc) is 2.82. The SMILES string of the molecule is Cn1c(=O)[nH]cc(CC(=O)NC[C@@H]2CCOc3ccccc3C2)c1=O. The zero-order valence-corrected chi connectivity index (χ0v) is 14.1. The van der Waals surface area contributed by atoms with E-state index in [1.807, 2.05) is 24.3 Å². The van der Waals surface area contributed by atoms with E-state index in [2.05, 4.69) is 10.3 Å². The van der Waals surface area contributed by atoms with E-state index in [0.29, 0.717) is 13.2 Å². The van der Waals surface area contributed by atoms with E-state index in [0.717, 1.165) is 28.7 Å². The van der Waals surface area contributed by atoms with Crippen molar-refractivity contribution in [2.45, 2.75) is 19.3 Å². The summed E-state index contributed by atoms with van der Waals surface area (Å²) in [7, 11) is 1.38. The van der Waals surface area contributed by atoms with Crippen LogP contribution in [0.5, 0.6) is 5.75 Å². The van der Waals surface area contributed by atoms with Gasteiger partial charge in [-0.15, -0.1) is 0 Å². The molecule has 3 rings (SSSR count). The monoisotopic (exact) mass is 343 g/mol. The van der Waals surface area contributed by atoms with E-state index in [9.17, 15) is 14.4 Å². The zero-order chi connectivity index (χ0) is 17.8. The first-order valence-corrected chi connectivity index (χ1v) is 8.29. The topological polar surface area (TPSA) is 93.2 Å². The molecule has 0 aliphatic carbocycles. The van der Waals surface area contributed by atoms with Gasteiger partial charge in [-0.25, -0.2) is 4.79 Å². The third-order valence-corrected chi connectivity index (χ3v) is 4.46. The summed E-state index contributed by atoms with van der Waals surface area (Å²) in [4.78, 5) is 37.9. The Morgan fingerprint density at radius 3 is 3.00 bits per heavy atom. The second-order valence-electron chi connectivity index (χ2n) is 6.28. The number of ether oxygens (including phenoxy) is 1. The molecule has 25 heavy (non-hydrogen) atoms. The minimum Gasteiger partial charge on any atom is -0.493 e. The Balaban J connectivity index is 1.59. The Labute approximate surface area is 144 Å². The van der Waals surface area contributed by atoms with E-state index in [4.69, 9.17) is 4.74 Å². The van der Waals surface area contributed by atoms with E-state index in [1.54, 1.807) is 0 Å². The number of aromatic nitrogens is 2. The molecule has 2 N–H and O–H groups in total. The van der Waals surface area contributed by atoms with Crippen molar-refractivity contribution in [1.82, 2.24) is 14.9 Å². The van der Waals surface area contributed by atoms with Gasteiger partial charge in [0.25, 0.3) is 5.56 Å². The van der Waals surface area contributed by atoms with Gasteiger partial charge in [0.05, 0.1) is 13.0 Å². The number of nitrogens with one attached hydrogen (secondary N) is 2. The number of hydrogen-bond acceptors (Lipinski definition) is 4. The third kappa shape index (κ3) is 3.99. The first-order valence-electron chi connectivity index (χ1n) is 8.29. The molecule has 1 aromatic carbocycles. The number of rotatable bonds is 4. The maximum absolute atomic E-state index is 12.2. The highest BCUT2D eigenvalue weighted by molar-refractivity contribution is 5.78. The standard InChI is InChI=1S/C18H21N3O4/c1-21-17(23)14(11-20-18(21)24)9-16(22)19-10-12-6-7-25-15-5-3-2-4-13(15)8-12/h2-5,11-12H,6-10H2,1H3,(H,19,22)(H,20,24)/t12-/m1/s1. The Kier molecular flexibility index (Phi) is 5.02. The number of H-pyrrole nitrogens is 1. The molecule has 0 spiro atoms. The van der Waals surface area contributed by atoms with Crippen LogP contribution in [0.4, 0.5) is 0 Å². The van der Waals surface area contributed by atoms with Crippen molar-refractivity contribution in [1.29, 1.82) is 0 Å². The van der Waals surface area contributed by atoms with Crippen molar-refractivity contribution >= 4 is 5.91 Å². The molecule has 1 aliphatic rings. The summed E-state index contributed by atoms with van der Waals surface area (Å²) < 4.78 is 6.69. The molecule has 1 aliphatic heterocycles. The minimum atomic E-state index is -0.494. The van der Waals surface area contributed by atoms with Gasteiger partial charge in [0, 0.05) is 25.4 Å². The summed E-state index contributed by atoms with van der Waals surface area (Å²) in [6.07, 6.45) is 2.95. The van der Waals surface area contributed by atoms with Gasteiger partial charge in [-0.2, -0.15) is 0 Å². The van der Waals surface area contributed by atoms with Gasteiger partial charge in [0.2, 0.25) is 5.91 Å². The molecule has 132 valence electrons. The molecule has 2 heterocycles. The zero-order valence-electron chi connectivity index (χ0n) is 14.1. The van der Waals surface area contributed by atoms with Crippen LogP contribution in [0.15, 0.2) is 40.1 Å². The molecule has 0 fully saturated rings. The smallest absolute Gasteiger partial charge is 0.328 e. The van der Waals surface area contributed by atoms with Crippen molar-refractivity contribution in [3.05, 3.63) is 62.4 Å². The summed E-state index contributed by atoms with van der Waals surface area (Å²) in [5.74, 6) is 0.960. The number of benzene rings is 1. The van der Waals surface area contributed by atoms with Crippen LogP contribution in [0, 0.1) is 5.92 Å². The van der Waals surface area contributed by atoms with Crippen molar-refractivity contribution in [3.8, 4) is 5.75 Å². The Morgan fingerprint density at radius 2 is 2.16 bits per heavy atom. The van der Waals surface area contributed by atoms with Crippen molar-refractivity contribution in [3.63, 3.8) is 0 Å². The van der Waals surface area contributed by atoms with E-state index in [-0.39, 0.29) is 23.8 Å². The minimum absolute atomic E-state index is 0.0523. The van der Waals surface area contributed by atoms with Gasteiger partial charge in [0.15, 0.2) is 0 Å². The first-order chi connectivity index (χ1) is 12.0. The van der Waals surface area contributed by atoms with Gasteiger partial charge < -0.3 is 15.0 Å². The molecule has 0 saturated heterocycles. The van der Waals surface area contributed by atoms with E-state index >= 15 is 0 Å². The Hall–Kier alpha value is -2.83. The van der Waals surface area contributed by atoms with Crippen LogP contribution in [0.25, 0.3) is 0 Å². The molecule has 1 amide bonds. The highest BCUT2D eigenvalue weighted by Crippen LogP contribution is 2.26. The van der Waals surface area contributed by atoms with Crippen molar-refractivity contribution in [2.75, 3.05) is 13.2 Å². The highest BCUT2D eigenvalue weighted by Gasteiger charge is 2.18. The van der Waals surface area contributed by atoms with Crippen molar-refractivity contribution < 1.29 is 9.53 Å². The van der Waals surface area contributed by atoms with Gasteiger partial charge in [0.1, 0.15) is 5.75 Å². The lowest BCUT2D eigenvalue weighted by Gasteiger charge is -2.14. The Morgan fingerprint density at radius 1 is 1.36 bits per heavy atom.